The first-order valence-electron chi connectivity index (χ1n) is 6.24. The Kier molecular flexibility index (Phi) is 5.22. The van der Waals surface area contributed by atoms with Crippen molar-refractivity contribution in [1.29, 1.82) is 0 Å². The summed E-state index contributed by atoms with van der Waals surface area (Å²) in [6.07, 6.45) is 3.83. The minimum absolute atomic E-state index is 0.0911. The number of rotatable bonds is 5. The van der Waals surface area contributed by atoms with Crippen molar-refractivity contribution in [3.05, 3.63) is 0 Å². The van der Waals surface area contributed by atoms with Crippen LogP contribution in [0.1, 0.15) is 39.5 Å². The summed E-state index contributed by atoms with van der Waals surface area (Å²) in [4.78, 5) is 14.1. The molecule has 4 heteroatoms. The van der Waals surface area contributed by atoms with E-state index >= 15 is 0 Å². The molecule has 1 heterocycles. The van der Waals surface area contributed by atoms with E-state index in [9.17, 15) is 4.79 Å². The molecule has 0 spiro atoms. The summed E-state index contributed by atoms with van der Waals surface area (Å²) >= 11 is 0. The van der Waals surface area contributed by atoms with Gasteiger partial charge in [-0.1, -0.05) is 6.92 Å². The lowest BCUT2D eigenvalue weighted by Gasteiger charge is -2.28. The smallest absolute Gasteiger partial charge is 0.227 e. The summed E-state index contributed by atoms with van der Waals surface area (Å²) in [5.74, 6) is 0.0742. The van der Waals surface area contributed by atoms with Gasteiger partial charge >= 0.3 is 0 Å². The van der Waals surface area contributed by atoms with Crippen LogP contribution in [0.5, 0.6) is 0 Å². The van der Waals surface area contributed by atoms with E-state index in [1.807, 2.05) is 18.7 Å². The maximum atomic E-state index is 12.1. The molecule has 1 rings (SSSR count). The largest absolute Gasteiger partial charge is 0.396 e. The SMILES string of the molecule is CC(N)C(C)C(=O)N1CCCC1CCCO. The molecule has 1 amide bonds. The number of aliphatic hydroxyl groups excluding tert-OH is 1. The number of carbonyl (C=O) groups excluding carboxylic acids is 1. The summed E-state index contributed by atoms with van der Waals surface area (Å²) < 4.78 is 0. The summed E-state index contributed by atoms with van der Waals surface area (Å²) in [5.41, 5.74) is 5.76. The molecule has 1 fully saturated rings. The van der Waals surface area contributed by atoms with E-state index in [2.05, 4.69) is 0 Å². The molecule has 94 valence electrons. The first kappa shape index (κ1) is 13.5. The van der Waals surface area contributed by atoms with Gasteiger partial charge in [-0.2, -0.15) is 0 Å². The van der Waals surface area contributed by atoms with Crippen molar-refractivity contribution < 1.29 is 9.90 Å². The summed E-state index contributed by atoms with van der Waals surface area (Å²) in [5, 5.41) is 8.83. The predicted molar refractivity (Wildman–Crippen MR) is 63.9 cm³/mol. The molecule has 1 aliphatic rings. The minimum atomic E-state index is -0.102. The minimum Gasteiger partial charge on any atom is -0.396 e. The molecule has 0 saturated carbocycles. The number of hydrogen-bond acceptors (Lipinski definition) is 3. The average Bonchev–Trinajstić information content (AvgIpc) is 2.72. The van der Waals surface area contributed by atoms with Crippen LogP contribution in [-0.4, -0.2) is 41.1 Å². The Bertz CT molecular complexity index is 231. The van der Waals surface area contributed by atoms with Gasteiger partial charge in [0.25, 0.3) is 0 Å². The van der Waals surface area contributed by atoms with Gasteiger partial charge in [-0.3, -0.25) is 4.79 Å². The first-order valence-corrected chi connectivity index (χ1v) is 6.24. The zero-order chi connectivity index (χ0) is 12.1. The van der Waals surface area contributed by atoms with Crippen LogP contribution in [0.2, 0.25) is 0 Å². The quantitative estimate of drug-likeness (QED) is 0.729. The van der Waals surface area contributed by atoms with Crippen molar-refractivity contribution in [3.63, 3.8) is 0 Å². The lowest BCUT2D eigenvalue weighted by molar-refractivity contribution is -0.136. The van der Waals surface area contributed by atoms with Crippen LogP contribution in [0.15, 0.2) is 0 Å². The third kappa shape index (κ3) is 3.19. The molecule has 0 aromatic carbocycles. The number of nitrogens with two attached hydrogens (primary N) is 1. The van der Waals surface area contributed by atoms with Crippen molar-refractivity contribution in [2.45, 2.75) is 51.6 Å². The molecule has 0 aromatic rings. The lowest BCUT2D eigenvalue weighted by Crippen LogP contribution is -2.44. The molecular weight excluding hydrogens is 204 g/mol. The normalized spacial score (nSPS) is 24.5. The van der Waals surface area contributed by atoms with Crippen molar-refractivity contribution in [3.8, 4) is 0 Å². The van der Waals surface area contributed by atoms with Crippen molar-refractivity contribution >= 4 is 5.91 Å². The monoisotopic (exact) mass is 228 g/mol. The van der Waals surface area contributed by atoms with E-state index in [0.29, 0.717) is 6.04 Å². The summed E-state index contributed by atoms with van der Waals surface area (Å²) in [6.45, 7) is 4.84. The molecule has 0 aliphatic carbocycles. The van der Waals surface area contributed by atoms with Crippen LogP contribution < -0.4 is 5.73 Å². The second kappa shape index (κ2) is 6.21. The number of hydrogen-bond donors (Lipinski definition) is 2. The van der Waals surface area contributed by atoms with Gasteiger partial charge in [-0.05, 0) is 32.6 Å². The van der Waals surface area contributed by atoms with E-state index in [-0.39, 0.29) is 24.5 Å². The van der Waals surface area contributed by atoms with E-state index in [4.69, 9.17) is 10.8 Å². The Morgan fingerprint density at radius 1 is 1.56 bits per heavy atom. The topological polar surface area (TPSA) is 66.6 Å². The third-order valence-electron chi connectivity index (χ3n) is 3.53. The first-order chi connectivity index (χ1) is 7.57. The highest BCUT2D eigenvalue weighted by atomic mass is 16.3. The highest BCUT2D eigenvalue weighted by Crippen LogP contribution is 2.23. The second-order valence-electron chi connectivity index (χ2n) is 4.84. The van der Waals surface area contributed by atoms with Gasteiger partial charge in [0.05, 0.1) is 5.92 Å². The van der Waals surface area contributed by atoms with Gasteiger partial charge in [0, 0.05) is 25.2 Å². The molecule has 3 N–H and O–H groups in total. The third-order valence-corrected chi connectivity index (χ3v) is 3.53. The van der Waals surface area contributed by atoms with Crippen LogP contribution in [0, 0.1) is 5.92 Å². The zero-order valence-electron chi connectivity index (χ0n) is 10.4. The Balaban J connectivity index is 2.53. The average molecular weight is 228 g/mol. The number of carbonyl (C=O) groups is 1. The number of aliphatic hydroxyl groups is 1. The highest BCUT2D eigenvalue weighted by molar-refractivity contribution is 5.79. The van der Waals surface area contributed by atoms with Crippen molar-refractivity contribution in [1.82, 2.24) is 4.90 Å². The van der Waals surface area contributed by atoms with Crippen LogP contribution in [0.25, 0.3) is 0 Å². The molecule has 0 radical (unpaired) electrons. The maximum Gasteiger partial charge on any atom is 0.227 e. The van der Waals surface area contributed by atoms with E-state index in [1.165, 1.54) is 0 Å². The number of amides is 1. The molecule has 1 aliphatic heterocycles. The number of nitrogens with zero attached hydrogens (tertiary/aromatic N) is 1. The van der Waals surface area contributed by atoms with Gasteiger partial charge in [-0.15, -0.1) is 0 Å². The predicted octanol–water partition coefficient (Wildman–Crippen LogP) is 0.733. The lowest BCUT2D eigenvalue weighted by atomic mass is 10.0. The van der Waals surface area contributed by atoms with Gasteiger partial charge in [0.1, 0.15) is 0 Å². The maximum absolute atomic E-state index is 12.1. The van der Waals surface area contributed by atoms with Crippen LogP contribution in [0.3, 0.4) is 0 Å². The highest BCUT2D eigenvalue weighted by Gasteiger charge is 2.31. The summed E-state index contributed by atoms with van der Waals surface area (Å²) in [6, 6.07) is 0.229. The van der Waals surface area contributed by atoms with E-state index in [1.54, 1.807) is 0 Å². The zero-order valence-corrected chi connectivity index (χ0v) is 10.4. The van der Waals surface area contributed by atoms with Gasteiger partial charge < -0.3 is 15.7 Å². The summed E-state index contributed by atoms with van der Waals surface area (Å²) in [7, 11) is 0. The van der Waals surface area contributed by atoms with Gasteiger partial charge in [0.15, 0.2) is 0 Å². The Labute approximate surface area is 97.8 Å². The van der Waals surface area contributed by atoms with Crippen molar-refractivity contribution in [2.75, 3.05) is 13.2 Å². The van der Waals surface area contributed by atoms with Gasteiger partial charge in [-0.25, -0.2) is 0 Å². The van der Waals surface area contributed by atoms with Crippen LogP contribution in [0.4, 0.5) is 0 Å². The molecule has 4 nitrogen and oxygen atoms in total. The number of likely N-dealkylation sites (tertiary alicyclic amines) is 1. The standard InChI is InChI=1S/C12H24N2O2/c1-9(10(2)13)12(16)14-7-3-5-11(14)6-4-8-15/h9-11,15H,3-8,13H2,1-2H3. The van der Waals surface area contributed by atoms with E-state index in [0.717, 1.165) is 32.2 Å². The Morgan fingerprint density at radius 3 is 2.81 bits per heavy atom. The molecule has 1 saturated heterocycles. The molecular formula is C12H24N2O2. The second-order valence-corrected chi connectivity index (χ2v) is 4.84. The Hall–Kier alpha value is -0.610. The Morgan fingerprint density at radius 2 is 2.25 bits per heavy atom. The van der Waals surface area contributed by atoms with Gasteiger partial charge in [0.2, 0.25) is 5.91 Å². The fourth-order valence-electron chi connectivity index (χ4n) is 2.24. The van der Waals surface area contributed by atoms with Crippen molar-refractivity contribution in [2.24, 2.45) is 11.7 Å². The fraction of sp³-hybridized carbons (Fsp3) is 0.917. The molecule has 3 unspecified atom stereocenters. The van der Waals surface area contributed by atoms with Crippen LogP contribution >= 0.6 is 0 Å². The molecule has 0 bridgehead atoms. The fourth-order valence-corrected chi connectivity index (χ4v) is 2.24. The molecule has 0 aromatic heterocycles. The van der Waals surface area contributed by atoms with E-state index < -0.39 is 0 Å². The molecule has 3 atom stereocenters. The van der Waals surface area contributed by atoms with Crippen LogP contribution in [-0.2, 0) is 4.79 Å². The molecule has 16 heavy (non-hydrogen) atoms.